The Labute approximate surface area is 144 Å². The zero-order valence-corrected chi connectivity index (χ0v) is 14.2. The van der Waals surface area contributed by atoms with Crippen molar-refractivity contribution in [2.75, 3.05) is 13.1 Å². The first-order valence-electron chi connectivity index (χ1n) is 7.48. The summed E-state index contributed by atoms with van der Waals surface area (Å²) >= 11 is 12.6. The number of aryl methyl sites for hydroxylation is 1. The van der Waals surface area contributed by atoms with Crippen LogP contribution in [0.25, 0.3) is 0 Å². The summed E-state index contributed by atoms with van der Waals surface area (Å²) in [5, 5.41) is 4.21. The Morgan fingerprint density at radius 1 is 1.26 bits per heavy atom. The van der Waals surface area contributed by atoms with Crippen molar-refractivity contribution in [3.8, 4) is 5.75 Å². The van der Waals surface area contributed by atoms with Crippen LogP contribution in [0.15, 0.2) is 30.6 Å². The van der Waals surface area contributed by atoms with Gasteiger partial charge in [-0.3, -0.25) is 4.98 Å². The van der Waals surface area contributed by atoms with Crippen LogP contribution in [0.1, 0.15) is 23.7 Å². The second-order valence-corrected chi connectivity index (χ2v) is 6.60. The van der Waals surface area contributed by atoms with Crippen molar-refractivity contribution in [3.05, 3.63) is 57.6 Å². The Hall–Kier alpha value is -1.36. The van der Waals surface area contributed by atoms with E-state index in [1.54, 1.807) is 18.3 Å². The molecule has 0 aliphatic carbocycles. The lowest BCUT2D eigenvalue weighted by atomic mass is 9.95. The van der Waals surface area contributed by atoms with Crippen molar-refractivity contribution in [1.29, 1.82) is 0 Å². The van der Waals surface area contributed by atoms with Crippen molar-refractivity contribution in [2.45, 2.75) is 19.4 Å². The van der Waals surface area contributed by atoms with Gasteiger partial charge in [-0.1, -0.05) is 23.2 Å². The summed E-state index contributed by atoms with van der Waals surface area (Å²) in [4.78, 5) is 3.94. The summed E-state index contributed by atoms with van der Waals surface area (Å²) in [6.07, 6.45) is 3.38. The van der Waals surface area contributed by atoms with Gasteiger partial charge in [0, 0.05) is 24.2 Å². The highest BCUT2D eigenvalue weighted by molar-refractivity contribution is 6.37. The van der Waals surface area contributed by atoms with Gasteiger partial charge >= 0.3 is 0 Å². The van der Waals surface area contributed by atoms with Gasteiger partial charge < -0.3 is 10.1 Å². The van der Waals surface area contributed by atoms with E-state index in [0.29, 0.717) is 21.4 Å². The van der Waals surface area contributed by atoms with Gasteiger partial charge in [-0.2, -0.15) is 0 Å². The maximum Gasteiger partial charge on any atom is 0.157 e. The van der Waals surface area contributed by atoms with Gasteiger partial charge in [-0.05, 0) is 43.7 Å². The van der Waals surface area contributed by atoms with Gasteiger partial charge in [0.2, 0.25) is 0 Å². The van der Waals surface area contributed by atoms with Crippen molar-refractivity contribution < 1.29 is 9.13 Å². The van der Waals surface area contributed by atoms with Crippen LogP contribution in [-0.2, 0) is 0 Å². The molecular formula is C17H17Cl2FN2O. The van der Waals surface area contributed by atoms with Crippen molar-refractivity contribution in [3.63, 3.8) is 0 Å². The predicted octanol–water partition coefficient (Wildman–Crippen LogP) is 4.57. The second kappa shape index (κ2) is 7.04. The molecule has 1 aliphatic rings. The van der Waals surface area contributed by atoms with E-state index >= 15 is 0 Å². The lowest BCUT2D eigenvalue weighted by molar-refractivity contribution is 0.144. The zero-order valence-electron chi connectivity index (χ0n) is 12.7. The number of rotatable bonds is 4. The normalized spacial score (nSPS) is 18.9. The topological polar surface area (TPSA) is 34.1 Å². The maximum absolute atomic E-state index is 13.6. The van der Waals surface area contributed by atoms with E-state index in [1.165, 1.54) is 12.3 Å². The number of nitrogens with one attached hydrogen (secondary N) is 1. The van der Waals surface area contributed by atoms with Crippen molar-refractivity contribution in [1.82, 2.24) is 10.3 Å². The number of ether oxygens (including phenoxy) is 1. The van der Waals surface area contributed by atoms with Crippen LogP contribution in [-0.4, -0.2) is 18.1 Å². The largest absolute Gasteiger partial charge is 0.482 e. The van der Waals surface area contributed by atoms with Crippen LogP contribution in [0.5, 0.6) is 5.75 Å². The molecule has 1 aromatic heterocycles. The summed E-state index contributed by atoms with van der Waals surface area (Å²) in [5.41, 5.74) is 1.64. The number of benzene rings is 1. The molecule has 1 fully saturated rings. The molecule has 0 radical (unpaired) electrons. The van der Waals surface area contributed by atoms with Crippen LogP contribution in [0, 0.1) is 18.7 Å². The Bertz CT molecular complexity index is 682. The van der Waals surface area contributed by atoms with Crippen LogP contribution in [0.3, 0.4) is 0 Å². The average molecular weight is 355 g/mol. The van der Waals surface area contributed by atoms with Gasteiger partial charge in [0.05, 0.1) is 16.2 Å². The molecule has 1 aromatic carbocycles. The zero-order chi connectivity index (χ0) is 16.4. The number of pyridine rings is 1. The molecular weight excluding hydrogens is 338 g/mol. The molecule has 3 rings (SSSR count). The number of hydrogen-bond acceptors (Lipinski definition) is 3. The minimum absolute atomic E-state index is 0.201. The molecule has 6 heteroatoms. The fraction of sp³-hybridized carbons (Fsp3) is 0.353. The Kier molecular flexibility index (Phi) is 5.05. The van der Waals surface area contributed by atoms with E-state index in [-0.39, 0.29) is 17.8 Å². The van der Waals surface area contributed by atoms with Crippen molar-refractivity contribution in [2.24, 2.45) is 5.92 Å². The second-order valence-electron chi connectivity index (χ2n) is 5.79. The van der Waals surface area contributed by atoms with E-state index in [2.05, 4.69) is 10.3 Å². The molecule has 1 saturated heterocycles. The van der Waals surface area contributed by atoms with E-state index in [0.717, 1.165) is 25.1 Å². The van der Waals surface area contributed by atoms with Crippen LogP contribution < -0.4 is 10.1 Å². The van der Waals surface area contributed by atoms with E-state index in [9.17, 15) is 4.39 Å². The van der Waals surface area contributed by atoms with Crippen LogP contribution in [0.2, 0.25) is 10.0 Å². The molecule has 0 amide bonds. The smallest absolute Gasteiger partial charge is 0.157 e. The molecule has 23 heavy (non-hydrogen) atoms. The lowest BCUT2D eigenvalue weighted by Crippen LogP contribution is -2.22. The quantitative estimate of drug-likeness (QED) is 0.873. The minimum atomic E-state index is -0.386. The Morgan fingerprint density at radius 2 is 2.00 bits per heavy atom. The molecule has 1 aliphatic heterocycles. The first-order chi connectivity index (χ1) is 11.0. The Morgan fingerprint density at radius 3 is 2.61 bits per heavy atom. The summed E-state index contributed by atoms with van der Waals surface area (Å²) < 4.78 is 19.7. The molecule has 2 aromatic rings. The molecule has 2 heterocycles. The first kappa shape index (κ1) is 16.5. The molecule has 2 atom stereocenters. The van der Waals surface area contributed by atoms with Gasteiger partial charge in [0.25, 0.3) is 0 Å². The Balaban J connectivity index is 1.96. The summed E-state index contributed by atoms with van der Waals surface area (Å²) in [7, 11) is 0. The fourth-order valence-electron chi connectivity index (χ4n) is 2.88. The summed E-state index contributed by atoms with van der Waals surface area (Å²) in [6, 6.07) is 5.05. The van der Waals surface area contributed by atoms with Gasteiger partial charge in [-0.25, -0.2) is 4.39 Å². The third-order valence-corrected chi connectivity index (χ3v) is 4.53. The third-order valence-electron chi connectivity index (χ3n) is 3.97. The maximum atomic E-state index is 13.6. The fourth-order valence-corrected chi connectivity index (χ4v) is 3.57. The molecule has 1 N–H and O–H groups in total. The number of hydrogen-bond donors (Lipinski definition) is 1. The highest BCUT2D eigenvalue weighted by Crippen LogP contribution is 2.40. The highest BCUT2D eigenvalue weighted by Gasteiger charge is 2.30. The lowest BCUT2D eigenvalue weighted by Gasteiger charge is -2.25. The predicted molar refractivity (Wildman–Crippen MR) is 89.7 cm³/mol. The van der Waals surface area contributed by atoms with Gasteiger partial charge in [-0.15, -0.1) is 0 Å². The monoisotopic (exact) mass is 354 g/mol. The number of halogens is 3. The van der Waals surface area contributed by atoms with E-state index < -0.39 is 0 Å². The molecule has 0 bridgehead atoms. The molecule has 3 nitrogen and oxygen atoms in total. The standard InChI is InChI=1S/C17H17Cl2FN2O/c1-10-4-14(18)17(15(19)5-10)23-16(11-2-3-21-7-11)12-6-13(20)9-22-8-12/h4-6,8-9,11,16,21H,2-3,7H2,1H3. The SMILES string of the molecule is Cc1cc(Cl)c(OC(c2cncc(F)c2)C2CCNC2)c(Cl)c1. The average Bonchev–Trinajstić information content (AvgIpc) is 3.00. The summed E-state index contributed by atoms with van der Waals surface area (Å²) in [5.74, 6) is 0.246. The van der Waals surface area contributed by atoms with E-state index in [4.69, 9.17) is 27.9 Å². The van der Waals surface area contributed by atoms with Crippen LogP contribution >= 0.6 is 23.2 Å². The summed E-state index contributed by atoms with van der Waals surface area (Å²) in [6.45, 7) is 3.61. The van der Waals surface area contributed by atoms with Gasteiger partial charge in [0.15, 0.2) is 5.75 Å². The van der Waals surface area contributed by atoms with Crippen molar-refractivity contribution >= 4 is 23.2 Å². The van der Waals surface area contributed by atoms with E-state index in [1.807, 2.05) is 6.92 Å². The number of nitrogens with zero attached hydrogens (tertiary/aromatic N) is 1. The molecule has 2 unspecified atom stereocenters. The number of aromatic nitrogens is 1. The highest BCUT2D eigenvalue weighted by atomic mass is 35.5. The molecule has 0 saturated carbocycles. The first-order valence-corrected chi connectivity index (χ1v) is 8.23. The molecule has 0 spiro atoms. The third kappa shape index (κ3) is 3.77. The minimum Gasteiger partial charge on any atom is -0.482 e. The van der Waals surface area contributed by atoms with Crippen LogP contribution in [0.4, 0.5) is 4.39 Å². The van der Waals surface area contributed by atoms with Gasteiger partial charge in [0.1, 0.15) is 11.9 Å². The molecule has 122 valence electrons.